The first-order valence-electron chi connectivity index (χ1n) is 12.4. The van der Waals surface area contributed by atoms with Crippen LogP contribution in [0.15, 0.2) is 66.7 Å². The fraction of sp³-hybridized carbons (Fsp3) is 0.250. The topological polar surface area (TPSA) is 122 Å². The summed E-state index contributed by atoms with van der Waals surface area (Å²) in [6.07, 6.45) is 1.34. The van der Waals surface area contributed by atoms with Crippen LogP contribution in [0.5, 0.6) is 0 Å². The Balaban J connectivity index is 1.58. The van der Waals surface area contributed by atoms with Crippen molar-refractivity contribution in [2.24, 2.45) is 5.92 Å². The fourth-order valence-corrected chi connectivity index (χ4v) is 7.63. The van der Waals surface area contributed by atoms with Crippen LogP contribution < -0.4 is 10.6 Å². The van der Waals surface area contributed by atoms with E-state index in [1.807, 2.05) is 23.1 Å². The van der Waals surface area contributed by atoms with Gasteiger partial charge in [-0.1, -0.05) is 41.9 Å². The van der Waals surface area contributed by atoms with E-state index in [0.717, 1.165) is 6.42 Å². The van der Waals surface area contributed by atoms with Gasteiger partial charge < -0.3 is 10.6 Å². The normalized spacial score (nSPS) is 28.8. The van der Waals surface area contributed by atoms with Crippen LogP contribution in [0.1, 0.15) is 34.3 Å². The van der Waals surface area contributed by atoms with Crippen molar-refractivity contribution in [3.63, 3.8) is 0 Å². The number of amides is 2. The van der Waals surface area contributed by atoms with Gasteiger partial charge in [-0.2, -0.15) is 0 Å². The van der Waals surface area contributed by atoms with Crippen LogP contribution >= 0.6 is 11.6 Å². The highest BCUT2D eigenvalue weighted by Crippen LogP contribution is 2.66. The van der Waals surface area contributed by atoms with E-state index in [0.29, 0.717) is 40.5 Å². The number of carbonyl (C=O) groups excluding carboxylic acids is 3. The summed E-state index contributed by atoms with van der Waals surface area (Å²) in [4.78, 5) is 56.1. The van der Waals surface area contributed by atoms with Crippen molar-refractivity contribution in [3.8, 4) is 0 Å². The standard InChI is InChI=1S/C28H21ClN4O5/c29-16-10-11-21-19(14-16)28(26(36)31-21)24(23(34)15-5-3-6-17(13-15)33(37)38)27(22-9-4-12-32(22)28)18-7-1-2-8-20(18)30-25(27)35/h1-3,5-8,10-11,13-14,22,24H,4,9,12H2,(H,30,35)(H,31,36). The van der Waals surface area contributed by atoms with Crippen LogP contribution in [0.4, 0.5) is 17.1 Å². The molecule has 4 aliphatic rings. The Morgan fingerprint density at radius 3 is 2.55 bits per heavy atom. The third kappa shape index (κ3) is 2.62. The summed E-state index contributed by atoms with van der Waals surface area (Å²) in [6.45, 7) is 0.500. The molecule has 2 N–H and O–H groups in total. The highest BCUT2D eigenvalue weighted by Gasteiger charge is 2.78. The molecule has 4 heterocycles. The number of benzene rings is 3. The van der Waals surface area contributed by atoms with Crippen LogP contribution in [-0.2, 0) is 20.5 Å². The zero-order valence-electron chi connectivity index (χ0n) is 19.9. The van der Waals surface area contributed by atoms with Crippen LogP contribution in [-0.4, -0.2) is 40.0 Å². The number of anilines is 2. The fourth-order valence-electron chi connectivity index (χ4n) is 7.46. The van der Waals surface area contributed by atoms with E-state index < -0.39 is 39.5 Å². The number of non-ortho nitro benzene ring substituents is 1. The second-order valence-corrected chi connectivity index (χ2v) is 10.7. The lowest BCUT2D eigenvalue weighted by atomic mass is 9.60. The average Bonchev–Trinajstić information content (AvgIpc) is 3.63. The zero-order chi connectivity index (χ0) is 26.4. The Morgan fingerprint density at radius 2 is 1.74 bits per heavy atom. The van der Waals surface area contributed by atoms with E-state index in [9.17, 15) is 24.5 Å². The molecule has 190 valence electrons. The first kappa shape index (κ1) is 23.1. The molecule has 2 fully saturated rings. The summed E-state index contributed by atoms with van der Waals surface area (Å²) < 4.78 is 0. The van der Waals surface area contributed by atoms with Crippen molar-refractivity contribution in [2.45, 2.75) is 29.8 Å². The summed E-state index contributed by atoms with van der Waals surface area (Å²) in [6, 6.07) is 17.4. The van der Waals surface area contributed by atoms with E-state index in [1.165, 1.54) is 24.3 Å². The van der Waals surface area contributed by atoms with Gasteiger partial charge >= 0.3 is 0 Å². The number of Topliss-reactive ketones (excluding diaryl/α,β-unsaturated/α-hetero) is 1. The van der Waals surface area contributed by atoms with Crippen molar-refractivity contribution >= 4 is 46.3 Å². The molecule has 0 bridgehead atoms. The second kappa shape index (κ2) is 7.72. The molecule has 4 atom stereocenters. The van der Waals surface area contributed by atoms with Gasteiger partial charge in [-0.25, -0.2) is 0 Å². The Morgan fingerprint density at radius 1 is 0.974 bits per heavy atom. The van der Waals surface area contributed by atoms with Crippen molar-refractivity contribution < 1.29 is 19.3 Å². The average molecular weight is 529 g/mol. The number of nitrogens with zero attached hydrogens (tertiary/aromatic N) is 2. The van der Waals surface area contributed by atoms with E-state index in [2.05, 4.69) is 10.6 Å². The molecular formula is C28H21ClN4O5. The van der Waals surface area contributed by atoms with E-state index in [1.54, 1.807) is 24.3 Å². The van der Waals surface area contributed by atoms with Gasteiger partial charge in [0.2, 0.25) is 11.8 Å². The largest absolute Gasteiger partial charge is 0.325 e. The number of rotatable bonds is 3. The highest BCUT2D eigenvalue weighted by molar-refractivity contribution is 6.31. The zero-order valence-corrected chi connectivity index (χ0v) is 20.7. The molecule has 0 aromatic heterocycles. The number of halogens is 1. The van der Waals surface area contributed by atoms with Gasteiger partial charge in [-0.05, 0) is 49.2 Å². The van der Waals surface area contributed by atoms with Gasteiger partial charge in [0, 0.05) is 45.7 Å². The first-order chi connectivity index (χ1) is 18.3. The molecule has 4 unspecified atom stereocenters. The van der Waals surface area contributed by atoms with E-state index >= 15 is 0 Å². The van der Waals surface area contributed by atoms with Crippen LogP contribution in [0, 0.1) is 16.0 Å². The number of hydrogen-bond donors (Lipinski definition) is 2. The molecule has 2 amide bonds. The van der Waals surface area contributed by atoms with Gasteiger partial charge in [0.05, 0.1) is 10.8 Å². The molecule has 3 aromatic carbocycles. The molecule has 4 aliphatic heterocycles. The quantitative estimate of drug-likeness (QED) is 0.297. The number of fused-ring (bicyclic) bond motifs is 7. The van der Waals surface area contributed by atoms with Crippen LogP contribution in [0.25, 0.3) is 0 Å². The maximum absolute atomic E-state index is 14.7. The molecule has 0 saturated carbocycles. The number of carbonyl (C=O) groups is 3. The number of nitro groups is 1. The molecule has 38 heavy (non-hydrogen) atoms. The predicted octanol–water partition coefficient (Wildman–Crippen LogP) is 4.26. The lowest BCUT2D eigenvalue weighted by molar-refractivity contribution is -0.384. The molecule has 10 heteroatoms. The molecule has 0 radical (unpaired) electrons. The minimum atomic E-state index is -1.53. The van der Waals surface area contributed by atoms with Gasteiger partial charge in [-0.15, -0.1) is 0 Å². The molecular weight excluding hydrogens is 508 g/mol. The number of para-hydroxylation sites is 1. The Labute approximate surface area is 221 Å². The molecule has 2 saturated heterocycles. The lowest BCUT2D eigenvalue weighted by Gasteiger charge is -2.38. The van der Waals surface area contributed by atoms with Crippen molar-refractivity contribution in [2.75, 3.05) is 17.2 Å². The van der Waals surface area contributed by atoms with E-state index in [-0.39, 0.29) is 17.2 Å². The summed E-state index contributed by atoms with van der Waals surface area (Å²) in [5.41, 5.74) is -0.759. The number of ketones is 1. The van der Waals surface area contributed by atoms with Crippen LogP contribution in [0.2, 0.25) is 5.02 Å². The molecule has 2 spiro atoms. The second-order valence-electron chi connectivity index (χ2n) is 10.2. The van der Waals surface area contributed by atoms with Gasteiger partial charge in [-0.3, -0.25) is 29.4 Å². The summed E-state index contributed by atoms with van der Waals surface area (Å²) in [7, 11) is 0. The van der Waals surface area contributed by atoms with Gasteiger partial charge in [0.1, 0.15) is 11.0 Å². The van der Waals surface area contributed by atoms with Crippen molar-refractivity contribution in [1.82, 2.24) is 4.90 Å². The third-order valence-corrected chi connectivity index (χ3v) is 8.93. The molecule has 9 nitrogen and oxygen atoms in total. The maximum atomic E-state index is 14.7. The third-order valence-electron chi connectivity index (χ3n) is 8.69. The molecule has 0 aliphatic carbocycles. The summed E-state index contributed by atoms with van der Waals surface area (Å²) in [5, 5.41) is 17.9. The van der Waals surface area contributed by atoms with Crippen molar-refractivity contribution in [3.05, 3.63) is 98.6 Å². The minimum Gasteiger partial charge on any atom is -0.325 e. The van der Waals surface area contributed by atoms with Crippen LogP contribution in [0.3, 0.4) is 0 Å². The Kier molecular flexibility index (Phi) is 4.69. The molecule has 7 rings (SSSR count). The number of nitro benzene ring substituents is 1. The first-order valence-corrected chi connectivity index (χ1v) is 12.8. The van der Waals surface area contributed by atoms with Gasteiger partial charge in [0.25, 0.3) is 5.69 Å². The number of hydrogen-bond acceptors (Lipinski definition) is 6. The lowest BCUT2D eigenvalue weighted by Crippen LogP contribution is -2.55. The SMILES string of the molecule is O=C(c1cccc([N+](=O)[O-])c1)C1C2(C(=O)Nc3ccccc32)C2CCCN2C12C(=O)Nc1ccc(Cl)cc12. The van der Waals surface area contributed by atoms with E-state index in [4.69, 9.17) is 11.6 Å². The smallest absolute Gasteiger partial charge is 0.270 e. The predicted molar refractivity (Wildman–Crippen MR) is 139 cm³/mol. The summed E-state index contributed by atoms with van der Waals surface area (Å²) in [5.74, 6) is -2.46. The monoisotopic (exact) mass is 528 g/mol. The highest BCUT2D eigenvalue weighted by atomic mass is 35.5. The molecule has 3 aromatic rings. The van der Waals surface area contributed by atoms with Gasteiger partial charge in [0.15, 0.2) is 5.78 Å². The number of nitrogens with one attached hydrogen (secondary N) is 2. The maximum Gasteiger partial charge on any atom is 0.270 e. The summed E-state index contributed by atoms with van der Waals surface area (Å²) >= 11 is 6.44. The minimum absolute atomic E-state index is 0.0737. The Bertz CT molecular complexity index is 1610. The van der Waals surface area contributed by atoms with Crippen molar-refractivity contribution in [1.29, 1.82) is 0 Å². The Hall–Kier alpha value is -4.08.